The molecule has 168 valence electrons. The highest BCUT2D eigenvalue weighted by Crippen LogP contribution is 2.30. The van der Waals surface area contributed by atoms with Crippen molar-refractivity contribution in [1.82, 2.24) is 10.2 Å². The molecule has 0 saturated heterocycles. The zero-order valence-electron chi connectivity index (χ0n) is 20.2. The highest BCUT2D eigenvalue weighted by Gasteiger charge is 2.39. The monoisotopic (exact) mass is 410 g/mol. The van der Waals surface area contributed by atoms with E-state index < -0.39 is 17.4 Å². The lowest BCUT2D eigenvalue weighted by Crippen LogP contribution is -2.57. The molecule has 6 heteroatoms. The number of carbonyl (C=O) groups is 3. The van der Waals surface area contributed by atoms with Gasteiger partial charge in [0.05, 0.1) is 6.04 Å². The molecule has 0 radical (unpaired) electrons. The molecule has 0 aromatic rings. The van der Waals surface area contributed by atoms with Crippen LogP contribution in [0.5, 0.6) is 0 Å². The van der Waals surface area contributed by atoms with Crippen LogP contribution in [-0.4, -0.2) is 46.9 Å². The first-order valence-corrected chi connectivity index (χ1v) is 10.4. The van der Waals surface area contributed by atoms with E-state index in [0.717, 1.165) is 0 Å². The summed E-state index contributed by atoms with van der Waals surface area (Å²) in [5.41, 5.74) is -0.513. The van der Waals surface area contributed by atoms with E-state index >= 15 is 0 Å². The fraction of sp³-hybridized carbons (Fsp3) is 0.783. The third kappa shape index (κ3) is 7.82. The van der Waals surface area contributed by atoms with Gasteiger partial charge in [-0.1, -0.05) is 68.4 Å². The second-order valence-corrected chi connectivity index (χ2v) is 10.5. The van der Waals surface area contributed by atoms with Crippen LogP contribution in [0.3, 0.4) is 0 Å². The van der Waals surface area contributed by atoms with Crippen LogP contribution in [0, 0.1) is 22.7 Å². The summed E-state index contributed by atoms with van der Waals surface area (Å²) in [6, 6.07) is -1.10. The van der Waals surface area contributed by atoms with Crippen LogP contribution in [0.1, 0.15) is 75.7 Å². The molecule has 6 nitrogen and oxygen atoms in total. The van der Waals surface area contributed by atoms with E-state index in [2.05, 4.69) is 5.32 Å². The number of aliphatic carboxylic acids is 1. The Bertz CT molecular complexity index is 624. The fourth-order valence-electron chi connectivity index (χ4n) is 3.51. The minimum absolute atomic E-state index is 0.0209. The number of carboxylic acid groups (broad SMARTS) is 1. The molecule has 0 aliphatic carbocycles. The molecule has 0 heterocycles. The second kappa shape index (κ2) is 10.3. The second-order valence-electron chi connectivity index (χ2n) is 10.5. The molecule has 2 amide bonds. The van der Waals surface area contributed by atoms with E-state index in [1.807, 2.05) is 62.3 Å². The Balaban J connectivity index is 5.89. The van der Waals surface area contributed by atoms with E-state index in [4.69, 9.17) is 0 Å². The van der Waals surface area contributed by atoms with Crippen molar-refractivity contribution in [3.63, 3.8) is 0 Å². The summed E-state index contributed by atoms with van der Waals surface area (Å²) in [6.45, 7) is 19.2. The quantitative estimate of drug-likeness (QED) is 0.590. The Kier molecular flexibility index (Phi) is 9.61. The molecular weight excluding hydrogens is 368 g/mol. The first kappa shape index (κ1) is 27.1. The number of hydrogen-bond donors (Lipinski definition) is 2. The minimum Gasteiger partial charge on any atom is -0.478 e. The number of hydrogen-bond acceptors (Lipinski definition) is 3. The van der Waals surface area contributed by atoms with Crippen LogP contribution < -0.4 is 5.32 Å². The maximum Gasteiger partial charge on any atom is 0.331 e. The topological polar surface area (TPSA) is 86.7 Å². The molecule has 0 aliphatic heterocycles. The van der Waals surface area contributed by atoms with E-state index in [0.29, 0.717) is 6.42 Å². The molecule has 0 spiro atoms. The number of nitrogens with one attached hydrogen (secondary N) is 1. The first-order chi connectivity index (χ1) is 12.9. The van der Waals surface area contributed by atoms with E-state index in [-0.39, 0.29) is 40.7 Å². The maximum absolute atomic E-state index is 13.4. The number of carboxylic acids is 1. The van der Waals surface area contributed by atoms with E-state index in [9.17, 15) is 19.5 Å². The molecule has 0 aliphatic rings. The highest BCUT2D eigenvalue weighted by atomic mass is 16.4. The molecule has 0 unspecified atom stereocenters. The average molecular weight is 411 g/mol. The third-order valence-electron chi connectivity index (χ3n) is 5.41. The SMILES string of the molecule is CC[C@H](C(=O)N[C@H](C(=O)N(C)[C@H](/C=C(\C)C(=O)O)C(C)C)C(C)(C)C)C(C)(C)C. The van der Waals surface area contributed by atoms with Crippen LogP contribution in [-0.2, 0) is 14.4 Å². The summed E-state index contributed by atoms with van der Waals surface area (Å²) in [4.78, 5) is 39.2. The molecule has 0 saturated carbocycles. The summed E-state index contributed by atoms with van der Waals surface area (Å²) in [7, 11) is 1.67. The van der Waals surface area contributed by atoms with Gasteiger partial charge >= 0.3 is 5.97 Å². The van der Waals surface area contributed by atoms with Crippen LogP contribution >= 0.6 is 0 Å². The van der Waals surface area contributed by atoms with Crippen molar-refractivity contribution in [2.45, 2.75) is 87.7 Å². The Morgan fingerprint density at radius 1 is 1.03 bits per heavy atom. The van der Waals surface area contributed by atoms with E-state index in [1.165, 1.54) is 6.92 Å². The number of carbonyl (C=O) groups excluding carboxylic acids is 2. The summed E-state index contributed by atoms with van der Waals surface area (Å²) >= 11 is 0. The van der Waals surface area contributed by atoms with Crippen LogP contribution in [0.15, 0.2) is 11.6 Å². The van der Waals surface area contributed by atoms with Crippen LogP contribution in [0.4, 0.5) is 0 Å². The molecule has 0 bridgehead atoms. The smallest absolute Gasteiger partial charge is 0.331 e. The van der Waals surface area contributed by atoms with Crippen LogP contribution in [0.2, 0.25) is 0 Å². The molecule has 0 aromatic carbocycles. The van der Waals surface area contributed by atoms with Gasteiger partial charge in [-0.15, -0.1) is 0 Å². The van der Waals surface area contributed by atoms with Crippen molar-refractivity contribution < 1.29 is 19.5 Å². The summed E-state index contributed by atoms with van der Waals surface area (Å²) in [6.07, 6.45) is 2.29. The number of likely N-dealkylation sites (N-methyl/N-ethyl adjacent to an activating group) is 1. The summed E-state index contributed by atoms with van der Waals surface area (Å²) in [5.74, 6) is -1.54. The van der Waals surface area contributed by atoms with Gasteiger partial charge in [0.2, 0.25) is 11.8 Å². The van der Waals surface area contributed by atoms with Crippen molar-refractivity contribution in [3.8, 4) is 0 Å². The normalized spacial score (nSPS) is 16.2. The van der Waals surface area contributed by atoms with Crippen molar-refractivity contribution in [3.05, 3.63) is 11.6 Å². The Hall–Kier alpha value is -1.85. The summed E-state index contributed by atoms with van der Waals surface area (Å²) in [5, 5.41) is 12.2. The van der Waals surface area contributed by atoms with Crippen molar-refractivity contribution >= 4 is 17.8 Å². The van der Waals surface area contributed by atoms with Gasteiger partial charge in [-0.25, -0.2) is 4.79 Å². The van der Waals surface area contributed by atoms with Gasteiger partial charge in [-0.05, 0) is 30.1 Å². The maximum atomic E-state index is 13.4. The largest absolute Gasteiger partial charge is 0.478 e. The standard InChI is InChI=1S/C23H42N2O4/c1-12-16(22(5,6)7)19(26)24-18(23(8,9)10)20(27)25(11)17(14(2)3)13-15(4)21(28)29/h13-14,16-18H,12H2,1-11H3,(H,24,26)(H,28,29)/b15-13+/t16-,17-,18-/m1/s1. The summed E-state index contributed by atoms with van der Waals surface area (Å²) < 4.78 is 0. The zero-order valence-corrected chi connectivity index (χ0v) is 20.2. The zero-order chi connectivity index (χ0) is 23.3. The first-order valence-electron chi connectivity index (χ1n) is 10.4. The lowest BCUT2D eigenvalue weighted by Gasteiger charge is -2.39. The van der Waals surface area contributed by atoms with Crippen LogP contribution in [0.25, 0.3) is 0 Å². The molecule has 0 fully saturated rings. The van der Waals surface area contributed by atoms with Gasteiger partial charge in [0.25, 0.3) is 0 Å². The number of rotatable bonds is 8. The Morgan fingerprint density at radius 3 is 1.83 bits per heavy atom. The third-order valence-corrected chi connectivity index (χ3v) is 5.41. The Labute approximate surface area is 177 Å². The predicted molar refractivity (Wildman–Crippen MR) is 117 cm³/mol. The van der Waals surface area contributed by atoms with E-state index in [1.54, 1.807) is 18.0 Å². The lowest BCUT2D eigenvalue weighted by atomic mass is 9.77. The number of nitrogens with zero attached hydrogens (tertiary/aromatic N) is 1. The lowest BCUT2D eigenvalue weighted by molar-refractivity contribution is -0.142. The number of amides is 2. The van der Waals surface area contributed by atoms with Crippen molar-refractivity contribution in [2.24, 2.45) is 22.7 Å². The molecule has 2 N–H and O–H groups in total. The molecule has 0 rings (SSSR count). The van der Waals surface area contributed by atoms with Gasteiger partial charge in [0.15, 0.2) is 0 Å². The molecule has 0 aromatic heterocycles. The Morgan fingerprint density at radius 2 is 1.52 bits per heavy atom. The average Bonchev–Trinajstić information content (AvgIpc) is 2.53. The fourth-order valence-corrected chi connectivity index (χ4v) is 3.51. The predicted octanol–water partition coefficient (Wildman–Crippen LogP) is 4.10. The van der Waals surface area contributed by atoms with Gasteiger partial charge in [0, 0.05) is 18.5 Å². The van der Waals surface area contributed by atoms with Gasteiger partial charge in [-0.3, -0.25) is 9.59 Å². The van der Waals surface area contributed by atoms with Gasteiger partial charge in [0.1, 0.15) is 6.04 Å². The van der Waals surface area contributed by atoms with Crippen molar-refractivity contribution in [1.29, 1.82) is 0 Å². The molecule has 29 heavy (non-hydrogen) atoms. The van der Waals surface area contributed by atoms with Gasteiger partial charge in [-0.2, -0.15) is 0 Å². The molecular formula is C23H42N2O4. The molecule has 3 atom stereocenters. The highest BCUT2D eigenvalue weighted by molar-refractivity contribution is 5.90. The van der Waals surface area contributed by atoms with Gasteiger partial charge < -0.3 is 15.3 Å². The van der Waals surface area contributed by atoms with Crippen molar-refractivity contribution in [2.75, 3.05) is 7.05 Å². The minimum atomic E-state index is -1.01.